The molecule has 1 atom stereocenters. The van der Waals surface area contributed by atoms with Crippen molar-refractivity contribution in [1.82, 2.24) is 0 Å². The van der Waals surface area contributed by atoms with Crippen molar-refractivity contribution in [2.45, 2.75) is 26.4 Å². The van der Waals surface area contributed by atoms with Crippen LogP contribution < -0.4 is 0 Å². The predicted molar refractivity (Wildman–Crippen MR) is 35.1 cm³/mol. The molecule has 2 heteroatoms. The molecular formula is C6H11BO. The zero-order valence-corrected chi connectivity index (χ0v) is 5.39. The molecule has 0 aliphatic carbocycles. The van der Waals surface area contributed by atoms with Crippen LogP contribution in [0.4, 0.5) is 0 Å². The molecule has 0 aliphatic heterocycles. The Bertz CT molecular complexity index is 93.2. The first kappa shape index (κ1) is 7.80. The summed E-state index contributed by atoms with van der Waals surface area (Å²) in [6.45, 7) is 4.06. The Labute approximate surface area is 51.5 Å². The average molecular weight is 110 g/mol. The van der Waals surface area contributed by atoms with Gasteiger partial charge in [0.05, 0.1) is 0 Å². The molecule has 44 valence electrons. The fourth-order valence-corrected chi connectivity index (χ4v) is 0.515. The van der Waals surface area contributed by atoms with E-state index in [4.69, 9.17) is 12.4 Å². The van der Waals surface area contributed by atoms with Gasteiger partial charge in [-0.1, -0.05) is 0 Å². The molecule has 0 fully saturated rings. The summed E-state index contributed by atoms with van der Waals surface area (Å²) in [5.74, 6) is 2.74. The van der Waals surface area contributed by atoms with Crippen LogP contribution in [0.25, 0.3) is 0 Å². The summed E-state index contributed by atoms with van der Waals surface area (Å²) < 4.78 is 0. The summed E-state index contributed by atoms with van der Waals surface area (Å²) in [6.07, 6.45) is 0.159. The van der Waals surface area contributed by atoms with Crippen LogP contribution in [0.5, 0.6) is 0 Å². The Balaban J connectivity index is 3.28. The van der Waals surface area contributed by atoms with E-state index in [0.717, 1.165) is 0 Å². The summed E-state index contributed by atoms with van der Waals surface area (Å²) >= 11 is 0. The third-order valence-electron chi connectivity index (χ3n) is 0.887. The van der Waals surface area contributed by atoms with Crippen LogP contribution >= 0.6 is 0 Å². The van der Waals surface area contributed by atoms with E-state index in [9.17, 15) is 0 Å². The van der Waals surface area contributed by atoms with E-state index in [0.29, 0.717) is 12.3 Å². The SMILES string of the molecule is B#CC(O)CC(C)C. The van der Waals surface area contributed by atoms with Crippen LogP contribution in [-0.2, 0) is 0 Å². The van der Waals surface area contributed by atoms with Crippen LogP contribution in [0.1, 0.15) is 20.3 Å². The zero-order chi connectivity index (χ0) is 6.57. The molecule has 0 saturated heterocycles. The topological polar surface area (TPSA) is 20.2 Å². The van der Waals surface area contributed by atoms with E-state index in [2.05, 4.69) is 5.80 Å². The molecule has 0 heterocycles. The maximum absolute atomic E-state index is 8.79. The third kappa shape index (κ3) is 3.98. The van der Waals surface area contributed by atoms with E-state index in [1.807, 2.05) is 13.8 Å². The normalized spacial score (nSPS) is 13.8. The summed E-state index contributed by atoms with van der Waals surface area (Å²) in [5.41, 5.74) is 0. The van der Waals surface area contributed by atoms with Crippen molar-refractivity contribution in [3.05, 3.63) is 0 Å². The van der Waals surface area contributed by atoms with Crippen LogP contribution in [-0.4, -0.2) is 18.5 Å². The third-order valence-corrected chi connectivity index (χ3v) is 0.887. The monoisotopic (exact) mass is 110 g/mol. The minimum atomic E-state index is -0.546. The molecule has 0 aromatic carbocycles. The number of rotatable bonds is 2. The molecule has 0 aromatic rings. The van der Waals surface area contributed by atoms with Gasteiger partial charge in [-0.3, -0.25) is 0 Å². The Morgan fingerprint density at radius 2 is 2.12 bits per heavy atom. The van der Waals surface area contributed by atoms with Crippen molar-refractivity contribution >= 4 is 7.33 Å². The molecule has 0 aromatic heterocycles. The first-order valence-corrected chi connectivity index (χ1v) is 2.81. The second-order valence-corrected chi connectivity index (χ2v) is 2.31. The van der Waals surface area contributed by atoms with Crippen LogP contribution in [0.3, 0.4) is 0 Å². The van der Waals surface area contributed by atoms with E-state index in [-0.39, 0.29) is 0 Å². The van der Waals surface area contributed by atoms with Gasteiger partial charge in [0, 0.05) is 0 Å². The van der Waals surface area contributed by atoms with Crippen molar-refractivity contribution in [2.24, 2.45) is 5.92 Å². The van der Waals surface area contributed by atoms with E-state index in [1.54, 1.807) is 0 Å². The molecule has 0 spiro atoms. The van der Waals surface area contributed by atoms with Gasteiger partial charge in [-0.25, -0.2) is 0 Å². The number of hydrogen-bond donors (Lipinski definition) is 1. The van der Waals surface area contributed by atoms with Crippen molar-refractivity contribution in [3.63, 3.8) is 0 Å². The standard InChI is InChI=1S/C6H11BO/c1-5(2)3-6(8)4-7/h5-6,8H,3H2,1-2H3. The molecule has 1 N–H and O–H groups in total. The predicted octanol–water partition coefficient (Wildman–Crippen LogP) is 0.521. The molecule has 1 unspecified atom stereocenters. The van der Waals surface area contributed by atoms with Crippen molar-refractivity contribution in [2.75, 3.05) is 0 Å². The van der Waals surface area contributed by atoms with E-state index >= 15 is 0 Å². The molecule has 0 saturated carbocycles. The van der Waals surface area contributed by atoms with Gasteiger partial charge in [0.15, 0.2) is 0 Å². The van der Waals surface area contributed by atoms with Gasteiger partial charge in [-0.05, 0) is 0 Å². The maximum atomic E-state index is 8.79. The second kappa shape index (κ2) is 3.76. The van der Waals surface area contributed by atoms with Crippen molar-refractivity contribution in [1.29, 1.82) is 0 Å². The Hall–Kier alpha value is -0.195. The fourth-order valence-electron chi connectivity index (χ4n) is 0.515. The first-order chi connectivity index (χ1) is 3.66. The van der Waals surface area contributed by atoms with Gasteiger partial charge in [0.25, 0.3) is 0 Å². The molecule has 0 amide bonds. The molecule has 0 aliphatic rings. The van der Waals surface area contributed by atoms with Crippen LogP contribution in [0, 0.1) is 11.7 Å². The van der Waals surface area contributed by atoms with Crippen LogP contribution in [0.2, 0.25) is 0 Å². The molecular weight excluding hydrogens is 98.9 g/mol. The van der Waals surface area contributed by atoms with Crippen molar-refractivity contribution in [3.8, 4) is 5.80 Å². The van der Waals surface area contributed by atoms with Gasteiger partial charge in [-0.2, -0.15) is 0 Å². The number of aliphatic hydroxyl groups excluding tert-OH is 1. The van der Waals surface area contributed by atoms with Crippen molar-refractivity contribution < 1.29 is 5.11 Å². The van der Waals surface area contributed by atoms with E-state index in [1.165, 1.54) is 0 Å². The summed E-state index contributed by atoms with van der Waals surface area (Å²) in [5, 5.41) is 8.79. The summed E-state index contributed by atoms with van der Waals surface area (Å²) in [6, 6.07) is 0. The second-order valence-electron chi connectivity index (χ2n) is 2.31. The fraction of sp³-hybridized carbons (Fsp3) is 0.833. The minimum absolute atomic E-state index is 0.487. The number of aliphatic hydroxyl groups is 1. The number of hydrogen-bond acceptors (Lipinski definition) is 1. The van der Waals surface area contributed by atoms with Gasteiger partial charge in [0.2, 0.25) is 0 Å². The summed E-state index contributed by atoms with van der Waals surface area (Å²) in [7, 11) is 4.92. The molecule has 0 radical (unpaired) electrons. The molecule has 0 bridgehead atoms. The molecule has 1 nitrogen and oxygen atoms in total. The Kier molecular flexibility index (Phi) is 3.67. The quantitative estimate of drug-likeness (QED) is 0.513. The molecule has 8 heavy (non-hydrogen) atoms. The van der Waals surface area contributed by atoms with Gasteiger partial charge in [-0.15, -0.1) is 0 Å². The van der Waals surface area contributed by atoms with Gasteiger partial charge >= 0.3 is 50.5 Å². The van der Waals surface area contributed by atoms with Crippen LogP contribution in [0.15, 0.2) is 0 Å². The Morgan fingerprint density at radius 1 is 1.62 bits per heavy atom. The average Bonchev–Trinajstić information content (AvgIpc) is 1.65. The zero-order valence-electron chi connectivity index (χ0n) is 5.39. The summed E-state index contributed by atoms with van der Waals surface area (Å²) in [4.78, 5) is 0. The van der Waals surface area contributed by atoms with Gasteiger partial charge < -0.3 is 0 Å². The van der Waals surface area contributed by atoms with E-state index < -0.39 is 6.10 Å². The molecule has 0 rings (SSSR count). The first-order valence-electron chi connectivity index (χ1n) is 2.81. The van der Waals surface area contributed by atoms with Gasteiger partial charge in [0.1, 0.15) is 0 Å². The Morgan fingerprint density at radius 3 is 2.25 bits per heavy atom.